The molecule has 0 aromatic heterocycles. The van der Waals surface area contributed by atoms with E-state index in [9.17, 15) is 8.78 Å². The number of hydrogen-bond acceptors (Lipinski definition) is 1. The zero-order valence-corrected chi connectivity index (χ0v) is 10.6. The van der Waals surface area contributed by atoms with Crippen molar-refractivity contribution in [2.24, 2.45) is 5.73 Å². The molecule has 0 bridgehead atoms. The van der Waals surface area contributed by atoms with Gasteiger partial charge in [0.15, 0.2) is 0 Å². The fourth-order valence-electron chi connectivity index (χ4n) is 1.22. The molecule has 0 radical (unpaired) electrons. The molecule has 17 heavy (non-hydrogen) atoms. The maximum atomic E-state index is 13.4. The molecule has 0 aliphatic carbocycles. The lowest BCUT2D eigenvalue weighted by Crippen LogP contribution is -2.04. The summed E-state index contributed by atoms with van der Waals surface area (Å²) in [5.41, 5.74) is 6.07. The van der Waals surface area contributed by atoms with Crippen LogP contribution in [0.3, 0.4) is 0 Å². The van der Waals surface area contributed by atoms with Gasteiger partial charge in [-0.2, -0.15) is 0 Å². The van der Waals surface area contributed by atoms with Gasteiger partial charge < -0.3 is 5.73 Å². The van der Waals surface area contributed by atoms with Gasteiger partial charge in [0, 0.05) is 17.2 Å². The van der Waals surface area contributed by atoms with E-state index in [-0.39, 0.29) is 22.2 Å². The number of rotatable bonds is 3. The maximum absolute atomic E-state index is 13.4. The molecule has 0 spiro atoms. The molecule has 1 rings (SSSR count). The van der Waals surface area contributed by atoms with Crippen molar-refractivity contribution in [1.29, 1.82) is 0 Å². The topological polar surface area (TPSA) is 26.0 Å². The minimum absolute atomic E-state index is 0.00766. The largest absolute Gasteiger partial charge is 0.399 e. The first kappa shape index (κ1) is 14.0. The van der Waals surface area contributed by atoms with Gasteiger partial charge in [-0.25, -0.2) is 8.78 Å². The maximum Gasteiger partial charge on any atom is 0.143 e. The minimum Gasteiger partial charge on any atom is -0.399 e. The Kier molecular flexibility index (Phi) is 4.97. The first-order valence-electron chi connectivity index (χ1n) is 4.82. The predicted octanol–water partition coefficient (Wildman–Crippen LogP) is 4.30. The van der Waals surface area contributed by atoms with Crippen molar-refractivity contribution in [2.75, 3.05) is 0 Å². The van der Waals surface area contributed by atoms with Crippen molar-refractivity contribution in [3.63, 3.8) is 0 Å². The molecule has 0 saturated heterocycles. The van der Waals surface area contributed by atoms with Gasteiger partial charge in [-0.1, -0.05) is 29.3 Å². The van der Waals surface area contributed by atoms with Crippen LogP contribution in [-0.2, 0) is 6.42 Å². The normalized spacial score (nSPS) is 13.6. The number of hydrogen-bond donors (Lipinski definition) is 1. The molecule has 0 unspecified atom stereocenters. The molecule has 1 nitrogen and oxygen atoms in total. The Labute approximate surface area is 109 Å². The third kappa shape index (κ3) is 4.36. The van der Waals surface area contributed by atoms with Crippen LogP contribution in [-0.4, -0.2) is 0 Å². The molecule has 0 amide bonds. The van der Waals surface area contributed by atoms with Crippen LogP contribution in [0, 0.1) is 5.82 Å². The van der Waals surface area contributed by atoms with Crippen LogP contribution in [0.4, 0.5) is 8.78 Å². The van der Waals surface area contributed by atoms with E-state index in [1.54, 1.807) is 6.07 Å². The summed E-state index contributed by atoms with van der Waals surface area (Å²) in [5.74, 6) is -1.17. The van der Waals surface area contributed by atoms with Crippen molar-refractivity contribution >= 4 is 23.2 Å². The van der Waals surface area contributed by atoms with Gasteiger partial charge in [0.05, 0.1) is 5.02 Å². The van der Waals surface area contributed by atoms with Crippen LogP contribution in [0.5, 0.6) is 0 Å². The van der Waals surface area contributed by atoms with Crippen LogP contribution in [0.2, 0.25) is 5.02 Å². The van der Waals surface area contributed by atoms with E-state index >= 15 is 0 Å². The van der Waals surface area contributed by atoms with Crippen molar-refractivity contribution < 1.29 is 8.78 Å². The second-order valence-corrected chi connectivity index (χ2v) is 4.53. The smallest absolute Gasteiger partial charge is 0.143 e. The van der Waals surface area contributed by atoms with Crippen molar-refractivity contribution in [3.05, 3.63) is 57.2 Å². The van der Waals surface area contributed by atoms with E-state index in [1.807, 2.05) is 0 Å². The van der Waals surface area contributed by atoms with Gasteiger partial charge in [-0.15, -0.1) is 0 Å². The Morgan fingerprint density at radius 3 is 2.65 bits per heavy atom. The molecule has 92 valence electrons. The number of nitrogens with two attached hydrogens (primary N) is 1. The zero-order valence-electron chi connectivity index (χ0n) is 9.11. The van der Waals surface area contributed by atoms with Gasteiger partial charge in [-0.05, 0) is 30.7 Å². The second-order valence-electron chi connectivity index (χ2n) is 3.53. The highest BCUT2D eigenvalue weighted by atomic mass is 35.5. The van der Waals surface area contributed by atoms with Gasteiger partial charge in [0.1, 0.15) is 11.6 Å². The Morgan fingerprint density at radius 2 is 2.12 bits per heavy atom. The Morgan fingerprint density at radius 1 is 1.47 bits per heavy atom. The number of benzene rings is 1. The van der Waals surface area contributed by atoms with Gasteiger partial charge in [0.25, 0.3) is 0 Å². The van der Waals surface area contributed by atoms with E-state index < -0.39 is 11.6 Å². The lowest BCUT2D eigenvalue weighted by atomic mass is 10.1. The molecular weight excluding hydrogens is 267 g/mol. The molecule has 1 aromatic carbocycles. The van der Waals surface area contributed by atoms with Crippen LogP contribution in [0.15, 0.2) is 40.8 Å². The lowest BCUT2D eigenvalue weighted by Gasteiger charge is -2.04. The zero-order chi connectivity index (χ0) is 13.0. The first-order valence-corrected chi connectivity index (χ1v) is 5.57. The summed E-state index contributed by atoms with van der Waals surface area (Å²) in [5, 5.41) is 0.306. The van der Waals surface area contributed by atoms with E-state index in [4.69, 9.17) is 28.9 Å². The summed E-state index contributed by atoms with van der Waals surface area (Å²) in [6.45, 7) is 1.54. The minimum atomic E-state index is -0.618. The molecular formula is C12H11Cl2F2N. The standard InChI is InChI=1S/C12H11Cl2F2N/c1-7(13)4-11(16)12(17)6-8-2-3-9(14)10(15)5-8/h2-5H,6,17H2,1H3/b7-4+,12-11+. The Bertz CT molecular complexity index is 477. The summed E-state index contributed by atoms with van der Waals surface area (Å²) >= 11 is 11.0. The van der Waals surface area contributed by atoms with Gasteiger partial charge in [0.2, 0.25) is 0 Å². The van der Waals surface area contributed by atoms with E-state index in [0.717, 1.165) is 6.08 Å². The third-order valence-electron chi connectivity index (χ3n) is 2.01. The van der Waals surface area contributed by atoms with E-state index in [1.165, 1.54) is 19.1 Å². The average molecular weight is 278 g/mol. The lowest BCUT2D eigenvalue weighted by molar-refractivity contribution is 0.624. The molecule has 2 N–H and O–H groups in total. The molecule has 0 saturated carbocycles. The molecule has 1 aromatic rings. The van der Waals surface area contributed by atoms with Crippen LogP contribution in [0.25, 0.3) is 0 Å². The Balaban J connectivity index is 2.91. The highest BCUT2D eigenvalue weighted by Crippen LogP contribution is 2.18. The molecule has 0 aliphatic heterocycles. The SMILES string of the molecule is C/C(Cl)=C\C(F)=C(/N)Cc1ccc(Cl)c(F)c1. The Hall–Kier alpha value is -1.06. The monoisotopic (exact) mass is 277 g/mol. The summed E-state index contributed by atoms with van der Waals surface area (Å²) in [4.78, 5) is 0. The molecule has 0 heterocycles. The summed E-state index contributed by atoms with van der Waals surface area (Å²) in [6, 6.07) is 4.21. The van der Waals surface area contributed by atoms with Crippen molar-refractivity contribution in [3.8, 4) is 0 Å². The number of allylic oxidation sites excluding steroid dienone is 4. The predicted molar refractivity (Wildman–Crippen MR) is 67.0 cm³/mol. The van der Waals surface area contributed by atoms with E-state index in [2.05, 4.69) is 0 Å². The highest BCUT2D eigenvalue weighted by molar-refractivity contribution is 6.30. The summed E-state index contributed by atoms with van der Waals surface area (Å²) < 4.78 is 26.5. The van der Waals surface area contributed by atoms with Gasteiger partial charge in [-0.3, -0.25) is 0 Å². The number of halogens is 4. The summed E-state index contributed by atoms with van der Waals surface area (Å²) in [7, 11) is 0. The quantitative estimate of drug-likeness (QED) is 0.819. The molecule has 5 heteroatoms. The molecule has 0 fully saturated rings. The molecule has 0 atom stereocenters. The summed E-state index contributed by atoms with van der Waals surface area (Å²) in [6.07, 6.45) is 1.21. The molecule has 0 aliphatic rings. The van der Waals surface area contributed by atoms with Crippen molar-refractivity contribution in [1.82, 2.24) is 0 Å². The van der Waals surface area contributed by atoms with Crippen LogP contribution in [0.1, 0.15) is 12.5 Å². The average Bonchev–Trinajstić information content (AvgIpc) is 2.22. The van der Waals surface area contributed by atoms with E-state index in [0.29, 0.717) is 5.56 Å². The second kappa shape index (κ2) is 6.03. The van der Waals surface area contributed by atoms with Gasteiger partial charge >= 0.3 is 0 Å². The van der Waals surface area contributed by atoms with Crippen molar-refractivity contribution in [2.45, 2.75) is 13.3 Å². The third-order valence-corrected chi connectivity index (χ3v) is 2.43. The fourth-order valence-corrected chi connectivity index (χ4v) is 1.43. The fraction of sp³-hybridized carbons (Fsp3) is 0.167. The van der Waals surface area contributed by atoms with Crippen LogP contribution < -0.4 is 5.73 Å². The highest BCUT2D eigenvalue weighted by Gasteiger charge is 2.05. The first-order chi connectivity index (χ1) is 7.90. The van der Waals surface area contributed by atoms with Crippen LogP contribution >= 0.6 is 23.2 Å².